The summed E-state index contributed by atoms with van der Waals surface area (Å²) in [4.78, 5) is 8.32. The van der Waals surface area contributed by atoms with Crippen LogP contribution in [0.15, 0.2) is 30.3 Å². The molecule has 3 heterocycles. The molecule has 0 saturated carbocycles. The monoisotopic (exact) mass is 301 g/mol. The highest BCUT2D eigenvalue weighted by Crippen LogP contribution is 2.38. The molecule has 7 heteroatoms. The number of nitrogens with zero attached hydrogens (tertiary/aromatic N) is 3. The fourth-order valence-electron chi connectivity index (χ4n) is 2.34. The lowest BCUT2D eigenvalue weighted by Crippen LogP contribution is -2.41. The van der Waals surface area contributed by atoms with Crippen molar-refractivity contribution in [1.29, 1.82) is 0 Å². The van der Waals surface area contributed by atoms with Crippen LogP contribution in [0.1, 0.15) is 33.4 Å². The van der Waals surface area contributed by atoms with Gasteiger partial charge in [-0.25, -0.2) is 4.98 Å². The summed E-state index contributed by atoms with van der Waals surface area (Å²) in [7, 11) is -0.567. The summed E-state index contributed by atoms with van der Waals surface area (Å²) in [5.74, 6) is 0. The van der Waals surface area contributed by atoms with Crippen molar-refractivity contribution in [3.63, 3.8) is 0 Å². The van der Waals surface area contributed by atoms with Crippen LogP contribution in [-0.2, 0) is 9.31 Å². The summed E-state index contributed by atoms with van der Waals surface area (Å²) in [6, 6.07) is 0. The largest absolute Gasteiger partial charge is 0.492 e. The van der Waals surface area contributed by atoms with Crippen LogP contribution in [0.2, 0.25) is 0 Å². The molecule has 0 spiro atoms. The normalized spacial score (nSPS) is 20.8. The molecule has 0 aromatic carbocycles. The Hall–Kier alpha value is -1.70. The van der Waals surface area contributed by atoms with Gasteiger partial charge in [0.15, 0.2) is 5.65 Å². The fourth-order valence-corrected chi connectivity index (χ4v) is 2.34. The Kier molecular flexibility index (Phi) is 3.59. The quantitative estimate of drug-likeness (QED) is 0.875. The van der Waals surface area contributed by atoms with E-state index in [1.54, 1.807) is 18.6 Å². The molecule has 0 atom stereocenters. The van der Waals surface area contributed by atoms with Gasteiger partial charge in [-0.15, -0.1) is 0 Å². The second-order valence-corrected chi connectivity index (χ2v) is 6.45. The Labute approximate surface area is 129 Å². The first-order chi connectivity index (χ1) is 10.3. The molecular weight excluding hydrogens is 281 g/mol. The lowest BCUT2D eigenvalue weighted by molar-refractivity contribution is 0.00578. The van der Waals surface area contributed by atoms with Gasteiger partial charge in [-0.05, 0) is 39.2 Å². The molecule has 0 unspecified atom stereocenters. The molecule has 0 aliphatic carbocycles. The van der Waals surface area contributed by atoms with E-state index >= 15 is 0 Å². The summed E-state index contributed by atoms with van der Waals surface area (Å²) in [6.45, 7) is 7.81. The second kappa shape index (κ2) is 5.19. The zero-order valence-electron chi connectivity index (χ0n) is 13.3. The average molecular weight is 301 g/mol. The molecule has 2 aromatic rings. The molecule has 1 aliphatic rings. The summed E-state index contributed by atoms with van der Waals surface area (Å²) >= 11 is 0. The lowest BCUT2D eigenvalue weighted by Gasteiger charge is -2.32. The SMILES string of the molecule is CC1(C)OB(C(=Cc2cnc3cnccn23)CO)OC1(C)C. The summed E-state index contributed by atoms with van der Waals surface area (Å²) < 4.78 is 13.9. The number of rotatable bonds is 3. The van der Waals surface area contributed by atoms with Crippen molar-refractivity contribution in [1.82, 2.24) is 14.4 Å². The van der Waals surface area contributed by atoms with Gasteiger partial charge in [-0.2, -0.15) is 0 Å². The van der Waals surface area contributed by atoms with Gasteiger partial charge in [0.25, 0.3) is 0 Å². The van der Waals surface area contributed by atoms with E-state index in [4.69, 9.17) is 9.31 Å². The van der Waals surface area contributed by atoms with E-state index in [0.717, 1.165) is 11.3 Å². The van der Waals surface area contributed by atoms with Crippen LogP contribution in [-0.4, -0.2) is 44.4 Å². The minimum Gasteiger partial charge on any atom is -0.400 e. The highest BCUT2D eigenvalue weighted by atomic mass is 16.7. The van der Waals surface area contributed by atoms with E-state index in [-0.39, 0.29) is 6.61 Å². The topological polar surface area (TPSA) is 68.9 Å². The van der Waals surface area contributed by atoms with Crippen LogP contribution in [0.4, 0.5) is 0 Å². The van der Waals surface area contributed by atoms with Crippen LogP contribution in [0, 0.1) is 0 Å². The number of aliphatic hydroxyl groups is 1. The van der Waals surface area contributed by atoms with E-state index in [1.165, 1.54) is 0 Å². The van der Waals surface area contributed by atoms with E-state index in [1.807, 2.05) is 44.4 Å². The van der Waals surface area contributed by atoms with Crippen LogP contribution in [0.5, 0.6) is 0 Å². The first-order valence-electron chi connectivity index (χ1n) is 7.28. The fraction of sp³-hybridized carbons (Fsp3) is 0.467. The third-order valence-corrected chi connectivity index (χ3v) is 4.42. The summed E-state index contributed by atoms with van der Waals surface area (Å²) in [5.41, 5.74) is 1.39. The number of imidazole rings is 1. The van der Waals surface area contributed by atoms with E-state index in [0.29, 0.717) is 5.47 Å². The van der Waals surface area contributed by atoms with Gasteiger partial charge >= 0.3 is 7.12 Å². The molecule has 1 saturated heterocycles. The van der Waals surface area contributed by atoms with E-state index in [2.05, 4.69) is 9.97 Å². The Morgan fingerprint density at radius 2 is 1.95 bits per heavy atom. The lowest BCUT2D eigenvalue weighted by atomic mass is 9.78. The number of fused-ring (bicyclic) bond motifs is 1. The number of aromatic nitrogens is 3. The van der Waals surface area contributed by atoms with Gasteiger partial charge in [0.2, 0.25) is 0 Å². The Balaban J connectivity index is 1.95. The van der Waals surface area contributed by atoms with Crippen LogP contribution >= 0.6 is 0 Å². The van der Waals surface area contributed by atoms with Crippen LogP contribution in [0.3, 0.4) is 0 Å². The standard InChI is InChI=1S/C15H20BN3O3/c1-14(2)15(3,4)22-16(21-14)11(10-20)7-12-8-18-13-9-17-5-6-19(12)13/h5-9,20H,10H2,1-4H3. The zero-order valence-corrected chi connectivity index (χ0v) is 13.3. The predicted molar refractivity (Wildman–Crippen MR) is 84.1 cm³/mol. The number of hydrogen-bond acceptors (Lipinski definition) is 5. The zero-order chi connectivity index (χ0) is 16.0. The molecule has 6 nitrogen and oxygen atoms in total. The smallest absolute Gasteiger partial charge is 0.400 e. The molecule has 22 heavy (non-hydrogen) atoms. The highest BCUT2D eigenvalue weighted by molar-refractivity contribution is 6.55. The summed E-state index contributed by atoms with van der Waals surface area (Å²) in [6.07, 6.45) is 8.79. The van der Waals surface area contributed by atoms with Gasteiger partial charge in [-0.3, -0.25) is 9.38 Å². The van der Waals surface area contributed by atoms with Crippen molar-refractivity contribution in [2.45, 2.75) is 38.9 Å². The first-order valence-corrected chi connectivity index (χ1v) is 7.28. The third-order valence-electron chi connectivity index (χ3n) is 4.42. The molecule has 1 N–H and O–H groups in total. The predicted octanol–water partition coefficient (Wildman–Crippen LogP) is 1.74. The summed E-state index contributed by atoms with van der Waals surface area (Å²) in [5, 5.41) is 9.73. The molecule has 1 fully saturated rings. The van der Waals surface area contributed by atoms with Crippen LogP contribution in [0.25, 0.3) is 11.7 Å². The van der Waals surface area contributed by atoms with Gasteiger partial charge in [-0.1, -0.05) is 0 Å². The molecule has 0 amide bonds. The average Bonchev–Trinajstić information content (AvgIpc) is 2.95. The molecule has 116 valence electrons. The van der Waals surface area contributed by atoms with Gasteiger partial charge in [0.1, 0.15) is 0 Å². The minimum atomic E-state index is -0.567. The van der Waals surface area contributed by atoms with Crippen molar-refractivity contribution < 1.29 is 14.4 Å². The Bertz CT molecular complexity index is 708. The molecule has 3 rings (SSSR count). The molecule has 0 radical (unpaired) electrons. The Morgan fingerprint density at radius 3 is 2.59 bits per heavy atom. The molecule has 0 bridgehead atoms. The van der Waals surface area contributed by atoms with E-state index in [9.17, 15) is 5.11 Å². The molecule has 2 aromatic heterocycles. The van der Waals surface area contributed by atoms with Crippen LogP contribution < -0.4 is 0 Å². The van der Waals surface area contributed by atoms with Crippen molar-refractivity contribution in [2.24, 2.45) is 0 Å². The van der Waals surface area contributed by atoms with Crippen molar-refractivity contribution in [2.75, 3.05) is 6.61 Å². The second-order valence-electron chi connectivity index (χ2n) is 6.45. The number of aliphatic hydroxyl groups excluding tert-OH is 1. The highest BCUT2D eigenvalue weighted by Gasteiger charge is 2.52. The van der Waals surface area contributed by atoms with E-state index < -0.39 is 18.3 Å². The van der Waals surface area contributed by atoms with Gasteiger partial charge in [0, 0.05) is 12.4 Å². The Morgan fingerprint density at radius 1 is 1.27 bits per heavy atom. The number of hydrogen-bond donors (Lipinski definition) is 1. The minimum absolute atomic E-state index is 0.144. The van der Waals surface area contributed by atoms with Crippen molar-refractivity contribution in [3.8, 4) is 0 Å². The van der Waals surface area contributed by atoms with Crippen molar-refractivity contribution in [3.05, 3.63) is 36.0 Å². The third kappa shape index (κ3) is 2.45. The van der Waals surface area contributed by atoms with Gasteiger partial charge < -0.3 is 14.4 Å². The van der Waals surface area contributed by atoms with Gasteiger partial charge in [0.05, 0.1) is 35.9 Å². The maximum atomic E-state index is 9.73. The molecule has 1 aliphatic heterocycles. The molecular formula is C15H20BN3O3. The maximum Gasteiger partial charge on any atom is 0.492 e. The van der Waals surface area contributed by atoms with Crippen molar-refractivity contribution >= 4 is 18.8 Å². The maximum absolute atomic E-state index is 9.73. The first kappa shape index (κ1) is 15.2.